The number of oxazole rings is 1. The number of pyridine rings is 1. The molecule has 0 atom stereocenters. The van der Waals surface area contributed by atoms with Crippen molar-refractivity contribution in [2.24, 2.45) is 0 Å². The molecule has 6 rings (SSSR count). The van der Waals surface area contributed by atoms with Gasteiger partial charge in [0.15, 0.2) is 11.2 Å². The van der Waals surface area contributed by atoms with Gasteiger partial charge >= 0.3 is 11.4 Å². The molecule has 1 aromatic carbocycles. The van der Waals surface area contributed by atoms with Crippen molar-refractivity contribution in [1.82, 2.24) is 29.5 Å². The average molecular weight is 473 g/mol. The van der Waals surface area contributed by atoms with Crippen LogP contribution in [-0.4, -0.2) is 42.6 Å². The van der Waals surface area contributed by atoms with E-state index in [4.69, 9.17) is 4.42 Å². The van der Waals surface area contributed by atoms with Gasteiger partial charge in [-0.15, -0.1) is 0 Å². The molecule has 3 N–H and O–H groups in total. The molecule has 1 aliphatic rings. The van der Waals surface area contributed by atoms with Crippen LogP contribution < -0.4 is 21.7 Å². The molecule has 11 nitrogen and oxygen atoms in total. The minimum absolute atomic E-state index is 0.0999. The van der Waals surface area contributed by atoms with Gasteiger partial charge in [-0.2, -0.15) is 0 Å². The minimum Gasteiger partial charge on any atom is -0.408 e. The number of hydrogen-bond acceptors (Lipinski definition) is 8. The molecule has 178 valence electrons. The molecule has 11 heteroatoms. The fraction of sp³-hybridized carbons (Fsp3) is 0.292. The zero-order valence-electron chi connectivity index (χ0n) is 19.3. The zero-order valence-corrected chi connectivity index (χ0v) is 19.3. The van der Waals surface area contributed by atoms with Crippen LogP contribution in [0.1, 0.15) is 30.3 Å². The van der Waals surface area contributed by atoms with E-state index in [2.05, 4.69) is 35.1 Å². The fourth-order valence-corrected chi connectivity index (χ4v) is 4.90. The third-order valence-electron chi connectivity index (χ3n) is 6.47. The van der Waals surface area contributed by atoms with Gasteiger partial charge in [0.1, 0.15) is 17.5 Å². The molecule has 5 aromatic rings. The largest absolute Gasteiger partial charge is 0.417 e. The Morgan fingerprint density at radius 3 is 2.74 bits per heavy atom. The third-order valence-corrected chi connectivity index (χ3v) is 6.47. The van der Waals surface area contributed by atoms with Gasteiger partial charge in [-0.3, -0.25) is 14.5 Å². The Labute approximate surface area is 198 Å². The Morgan fingerprint density at radius 2 is 1.91 bits per heavy atom. The number of hydrogen-bond donors (Lipinski definition) is 3. The Bertz CT molecular complexity index is 1670. The first-order chi connectivity index (χ1) is 16.9. The summed E-state index contributed by atoms with van der Waals surface area (Å²) in [7, 11) is 0. The van der Waals surface area contributed by atoms with E-state index in [0.29, 0.717) is 28.4 Å². The molecular weight excluding hydrogens is 448 g/mol. The number of aromatic nitrogens is 6. The Balaban J connectivity index is 1.22. The number of imidazole rings is 1. The summed E-state index contributed by atoms with van der Waals surface area (Å²) in [6, 6.07) is 9.50. The molecule has 4 aromatic heterocycles. The van der Waals surface area contributed by atoms with Crippen LogP contribution in [0, 0.1) is 13.8 Å². The van der Waals surface area contributed by atoms with Crippen molar-refractivity contribution in [3.05, 3.63) is 69.0 Å². The lowest BCUT2D eigenvalue weighted by Crippen LogP contribution is -2.37. The zero-order chi connectivity index (χ0) is 24.1. The highest BCUT2D eigenvalue weighted by atomic mass is 16.4. The summed E-state index contributed by atoms with van der Waals surface area (Å²) in [5, 5.41) is 3.31. The maximum atomic E-state index is 12.6. The van der Waals surface area contributed by atoms with Gasteiger partial charge in [0.05, 0.1) is 11.0 Å². The second kappa shape index (κ2) is 8.12. The summed E-state index contributed by atoms with van der Waals surface area (Å²) >= 11 is 0. The number of fused-ring (bicyclic) bond motifs is 2. The fourth-order valence-electron chi connectivity index (χ4n) is 4.90. The summed E-state index contributed by atoms with van der Waals surface area (Å²) in [4.78, 5) is 45.3. The summed E-state index contributed by atoms with van der Waals surface area (Å²) in [5.74, 6) is 1.66. The van der Waals surface area contributed by atoms with E-state index in [0.717, 1.165) is 48.5 Å². The number of anilines is 3. The molecule has 5 heterocycles. The molecule has 1 aliphatic heterocycles. The first-order valence-electron chi connectivity index (χ1n) is 11.5. The van der Waals surface area contributed by atoms with E-state index >= 15 is 0 Å². The van der Waals surface area contributed by atoms with Crippen molar-refractivity contribution in [2.75, 3.05) is 23.3 Å². The summed E-state index contributed by atoms with van der Waals surface area (Å²) in [6.45, 7) is 5.30. The van der Waals surface area contributed by atoms with Crippen LogP contribution in [0.15, 0.2) is 50.5 Å². The predicted octanol–water partition coefficient (Wildman–Crippen LogP) is 3.15. The molecule has 0 amide bonds. The molecule has 1 fully saturated rings. The summed E-state index contributed by atoms with van der Waals surface area (Å²) in [5.41, 5.74) is 4.19. The number of benzene rings is 1. The Morgan fingerprint density at radius 1 is 1.09 bits per heavy atom. The highest BCUT2D eigenvalue weighted by Crippen LogP contribution is 2.29. The Kier molecular flexibility index (Phi) is 4.90. The number of aromatic amines is 2. The van der Waals surface area contributed by atoms with Gasteiger partial charge in [-0.1, -0.05) is 0 Å². The molecule has 1 saturated heterocycles. The van der Waals surface area contributed by atoms with Gasteiger partial charge in [0, 0.05) is 43.1 Å². The topological polar surface area (TPSA) is 138 Å². The lowest BCUT2D eigenvalue weighted by atomic mass is 10.0. The monoisotopic (exact) mass is 472 g/mol. The molecule has 0 aliphatic carbocycles. The minimum atomic E-state index is -0.477. The quantitative estimate of drug-likeness (QED) is 0.363. The number of nitrogens with one attached hydrogen (secondary N) is 3. The molecular formula is C24H24N8O3. The van der Waals surface area contributed by atoms with Gasteiger partial charge in [-0.25, -0.2) is 24.5 Å². The highest BCUT2D eigenvalue weighted by molar-refractivity contribution is 5.81. The summed E-state index contributed by atoms with van der Waals surface area (Å²) < 4.78 is 7.05. The molecule has 0 bridgehead atoms. The lowest BCUT2D eigenvalue weighted by Gasteiger charge is -2.33. The SMILES string of the molecule is Cc1nc(Nc2cc(C)c3[nH]c(=O)oc3c2)cc(N2CCC(n3c(=O)[nH]c4ncccc43)CC2)n1. The third kappa shape index (κ3) is 3.84. The average Bonchev–Trinajstić information content (AvgIpc) is 3.37. The van der Waals surface area contributed by atoms with Crippen LogP contribution >= 0.6 is 0 Å². The van der Waals surface area contributed by atoms with E-state index in [9.17, 15) is 9.59 Å². The molecule has 0 spiro atoms. The van der Waals surface area contributed by atoms with Crippen LogP contribution in [0.25, 0.3) is 22.3 Å². The van der Waals surface area contributed by atoms with E-state index in [-0.39, 0.29) is 11.7 Å². The number of rotatable bonds is 4. The van der Waals surface area contributed by atoms with Crippen molar-refractivity contribution < 1.29 is 4.42 Å². The van der Waals surface area contributed by atoms with Gasteiger partial charge < -0.3 is 14.6 Å². The van der Waals surface area contributed by atoms with E-state index in [1.807, 2.05) is 42.7 Å². The number of aryl methyl sites for hydroxylation is 2. The van der Waals surface area contributed by atoms with Crippen molar-refractivity contribution >= 4 is 39.6 Å². The van der Waals surface area contributed by atoms with Gasteiger partial charge in [0.2, 0.25) is 0 Å². The number of H-pyrrole nitrogens is 2. The standard InChI is InChI=1S/C24H24N8O3/c1-13-10-15(11-18-21(13)29-24(34)35-18)28-19-12-20(27-14(2)26-19)31-8-5-16(6-9-31)32-17-4-3-7-25-22(17)30-23(32)33/h3-4,7,10-12,16H,5-6,8-9H2,1-2H3,(H,29,34)(H,25,30,33)(H,26,27,28). The molecule has 35 heavy (non-hydrogen) atoms. The van der Waals surface area contributed by atoms with Crippen LogP contribution in [0.3, 0.4) is 0 Å². The number of nitrogens with zero attached hydrogens (tertiary/aromatic N) is 5. The summed E-state index contributed by atoms with van der Waals surface area (Å²) in [6.07, 6.45) is 3.31. The second-order valence-corrected chi connectivity index (χ2v) is 8.85. The first-order valence-corrected chi connectivity index (χ1v) is 11.5. The lowest BCUT2D eigenvalue weighted by molar-refractivity contribution is 0.395. The molecule has 0 saturated carbocycles. The maximum absolute atomic E-state index is 12.6. The van der Waals surface area contributed by atoms with E-state index < -0.39 is 5.76 Å². The van der Waals surface area contributed by atoms with Crippen molar-refractivity contribution in [3.63, 3.8) is 0 Å². The van der Waals surface area contributed by atoms with Gasteiger partial charge in [0.25, 0.3) is 0 Å². The smallest absolute Gasteiger partial charge is 0.408 e. The van der Waals surface area contributed by atoms with Crippen LogP contribution in [-0.2, 0) is 0 Å². The van der Waals surface area contributed by atoms with Crippen LogP contribution in [0.2, 0.25) is 0 Å². The van der Waals surface area contributed by atoms with Gasteiger partial charge in [-0.05, 0) is 50.5 Å². The molecule has 0 radical (unpaired) electrons. The first kappa shape index (κ1) is 21.1. The van der Waals surface area contributed by atoms with Crippen molar-refractivity contribution in [1.29, 1.82) is 0 Å². The molecule has 0 unspecified atom stereocenters. The van der Waals surface area contributed by atoms with Crippen molar-refractivity contribution in [2.45, 2.75) is 32.7 Å². The highest BCUT2D eigenvalue weighted by Gasteiger charge is 2.25. The van der Waals surface area contributed by atoms with Crippen LogP contribution in [0.5, 0.6) is 0 Å². The normalized spacial score (nSPS) is 14.7. The predicted molar refractivity (Wildman–Crippen MR) is 132 cm³/mol. The second-order valence-electron chi connectivity index (χ2n) is 8.85. The van der Waals surface area contributed by atoms with Crippen LogP contribution in [0.4, 0.5) is 17.3 Å². The number of piperidine rings is 1. The van der Waals surface area contributed by atoms with Crippen molar-refractivity contribution in [3.8, 4) is 0 Å². The Hall–Kier alpha value is -4.41. The van der Waals surface area contributed by atoms with E-state index in [1.54, 1.807) is 12.3 Å². The maximum Gasteiger partial charge on any atom is 0.417 e. The van der Waals surface area contributed by atoms with E-state index in [1.165, 1.54) is 0 Å².